The molecule has 0 fully saturated rings. The molecule has 2 rings (SSSR count). The van der Waals surface area contributed by atoms with Crippen LogP contribution in [0.4, 0.5) is 0 Å². The smallest absolute Gasteiger partial charge is 0.0458 e. The van der Waals surface area contributed by atoms with E-state index < -0.39 is 0 Å². The summed E-state index contributed by atoms with van der Waals surface area (Å²) in [5.41, 5.74) is 3.97. The molecule has 1 N–H and O–H groups in total. The lowest BCUT2D eigenvalue weighted by atomic mass is 10.1. The maximum Gasteiger partial charge on any atom is 0.0458 e. The minimum absolute atomic E-state index is 1.10. The zero-order valence-corrected chi connectivity index (χ0v) is 11.5. The Morgan fingerprint density at radius 1 is 1.17 bits per heavy atom. The fourth-order valence-corrected chi connectivity index (χ4v) is 2.36. The first-order valence-corrected chi connectivity index (χ1v) is 7.12. The average molecular weight is 241 g/mol. The zero-order valence-electron chi connectivity index (χ0n) is 11.5. The molecule has 1 heterocycles. The first kappa shape index (κ1) is 12.9. The minimum Gasteiger partial charge on any atom is -0.355 e. The molecular weight excluding hydrogens is 218 g/mol. The van der Waals surface area contributed by atoms with Gasteiger partial charge in [0.25, 0.3) is 0 Å². The van der Waals surface area contributed by atoms with Crippen LogP contribution in [0, 0.1) is 0 Å². The van der Waals surface area contributed by atoms with Gasteiger partial charge in [-0.15, -0.1) is 0 Å². The number of aromatic amines is 1. The Bertz CT molecular complexity index is 486. The quantitative estimate of drug-likeness (QED) is 0.639. The predicted molar refractivity (Wildman–Crippen MR) is 80.7 cm³/mol. The Morgan fingerprint density at radius 2 is 2.00 bits per heavy atom. The molecule has 0 spiro atoms. The second-order valence-electron chi connectivity index (χ2n) is 4.85. The Hall–Kier alpha value is -1.50. The Morgan fingerprint density at radius 3 is 2.72 bits per heavy atom. The van der Waals surface area contributed by atoms with Crippen LogP contribution in [0.2, 0.25) is 0 Å². The third-order valence-corrected chi connectivity index (χ3v) is 3.46. The molecule has 1 aromatic heterocycles. The van der Waals surface area contributed by atoms with Crippen LogP contribution in [0.15, 0.2) is 36.4 Å². The van der Waals surface area contributed by atoms with Crippen molar-refractivity contribution in [1.29, 1.82) is 0 Å². The van der Waals surface area contributed by atoms with E-state index in [1.807, 2.05) is 0 Å². The van der Waals surface area contributed by atoms with Crippen LogP contribution < -0.4 is 0 Å². The Labute approximate surface area is 110 Å². The molecule has 0 aliphatic rings. The fourth-order valence-electron chi connectivity index (χ4n) is 2.36. The summed E-state index contributed by atoms with van der Waals surface area (Å²) in [7, 11) is 0. The van der Waals surface area contributed by atoms with Crippen LogP contribution in [0.25, 0.3) is 16.5 Å². The van der Waals surface area contributed by atoms with Gasteiger partial charge in [-0.2, -0.15) is 0 Å². The molecule has 18 heavy (non-hydrogen) atoms. The Balaban J connectivity index is 2.16. The highest BCUT2D eigenvalue weighted by Crippen LogP contribution is 2.23. The molecule has 0 aliphatic carbocycles. The molecule has 1 nitrogen and oxygen atoms in total. The molecule has 0 aliphatic heterocycles. The molecule has 0 atom stereocenters. The van der Waals surface area contributed by atoms with Crippen LogP contribution in [0.3, 0.4) is 0 Å². The van der Waals surface area contributed by atoms with Gasteiger partial charge in [0.2, 0.25) is 0 Å². The number of aromatic nitrogens is 1. The first-order valence-electron chi connectivity index (χ1n) is 7.12. The van der Waals surface area contributed by atoms with Gasteiger partial charge in [-0.25, -0.2) is 0 Å². The van der Waals surface area contributed by atoms with Gasteiger partial charge in [-0.1, -0.05) is 51.0 Å². The summed E-state index contributed by atoms with van der Waals surface area (Å²) in [4.78, 5) is 3.52. The zero-order chi connectivity index (χ0) is 12.8. The third-order valence-electron chi connectivity index (χ3n) is 3.46. The molecule has 0 saturated carbocycles. The van der Waals surface area contributed by atoms with Crippen molar-refractivity contribution in [3.8, 4) is 0 Å². The highest BCUT2D eigenvalue weighted by atomic mass is 14.7. The van der Waals surface area contributed by atoms with Crippen molar-refractivity contribution in [2.75, 3.05) is 0 Å². The number of fused-ring (bicyclic) bond motifs is 1. The van der Waals surface area contributed by atoms with Gasteiger partial charge in [-0.05, 0) is 42.4 Å². The summed E-state index contributed by atoms with van der Waals surface area (Å²) in [5, 5.41) is 1.31. The number of hydrogen-bond acceptors (Lipinski definition) is 0. The highest BCUT2D eigenvalue weighted by Gasteiger charge is 2.03. The molecule has 1 aromatic carbocycles. The van der Waals surface area contributed by atoms with Gasteiger partial charge in [0.1, 0.15) is 0 Å². The van der Waals surface area contributed by atoms with E-state index in [2.05, 4.69) is 55.2 Å². The van der Waals surface area contributed by atoms with Gasteiger partial charge >= 0.3 is 0 Å². The van der Waals surface area contributed by atoms with E-state index in [1.54, 1.807) is 0 Å². The normalized spacial score (nSPS) is 12.2. The summed E-state index contributed by atoms with van der Waals surface area (Å²) in [6.45, 7) is 4.49. The lowest BCUT2D eigenvalue weighted by Gasteiger charge is -2.02. The van der Waals surface area contributed by atoms with E-state index in [0.29, 0.717) is 0 Å². The van der Waals surface area contributed by atoms with E-state index in [-0.39, 0.29) is 0 Å². The van der Waals surface area contributed by atoms with Gasteiger partial charge in [0, 0.05) is 11.2 Å². The summed E-state index contributed by atoms with van der Waals surface area (Å²) in [5.74, 6) is 0. The lowest BCUT2D eigenvalue weighted by molar-refractivity contribution is 0.729. The number of nitrogens with one attached hydrogen (secondary N) is 1. The summed E-state index contributed by atoms with van der Waals surface area (Å²) in [6.07, 6.45) is 8.63. The summed E-state index contributed by atoms with van der Waals surface area (Å²) >= 11 is 0. The standard InChI is InChI=1S/C17H23N/c1-3-5-6-7-10-14(4-2)17-13-15-11-8-9-12-16(15)18-17/h8-13,18H,3-7H2,1-2H3/b14-10+. The monoisotopic (exact) mass is 241 g/mol. The number of allylic oxidation sites excluding steroid dienone is 2. The summed E-state index contributed by atoms with van der Waals surface area (Å²) < 4.78 is 0. The number of hydrogen-bond donors (Lipinski definition) is 1. The van der Waals surface area contributed by atoms with Crippen molar-refractivity contribution < 1.29 is 0 Å². The molecule has 0 bridgehead atoms. The largest absolute Gasteiger partial charge is 0.355 e. The second-order valence-corrected chi connectivity index (χ2v) is 4.85. The molecule has 1 heteroatoms. The second kappa shape index (κ2) is 6.44. The number of para-hydroxylation sites is 1. The lowest BCUT2D eigenvalue weighted by Crippen LogP contribution is -1.83. The van der Waals surface area contributed by atoms with Gasteiger partial charge in [0.05, 0.1) is 0 Å². The number of benzene rings is 1. The van der Waals surface area contributed by atoms with Crippen molar-refractivity contribution in [2.24, 2.45) is 0 Å². The van der Waals surface area contributed by atoms with E-state index in [1.165, 1.54) is 47.9 Å². The van der Waals surface area contributed by atoms with Crippen molar-refractivity contribution in [1.82, 2.24) is 4.98 Å². The maximum absolute atomic E-state index is 3.52. The first-order chi connectivity index (χ1) is 8.85. The molecule has 0 radical (unpaired) electrons. The van der Waals surface area contributed by atoms with E-state index in [0.717, 1.165) is 6.42 Å². The van der Waals surface area contributed by atoms with Crippen molar-refractivity contribution >= 4 is 16.5 Å². The fraction of sp³-hybridized carbons (Fsp3) is 0.412. The van der Waals surface area contributed by atoms with Crippen LogP contribution in [0.5, 0.6) is 0 Å². The van der Waals surface area contributed by atoms with Gasteiger partial charge in [0.15, 0.2) is 0 Å². The van der Waals surface area contributed by atoms with E-state index in [9.17, 15) is 0 Å². The number of H-pyrrole nitrogens is 1. The van der Waals surface area contributed by atoms with Gasteiger partial charge in [-0.3, -0.25) is 0 Å². The minimum atomic E-state index is 1.10. The van der Waals surface area contributed by atoms with Crippen molar-refractivity contribution in [3.63, 3.8) is 0 Å². The molecule has 0 amide bonds. The van der Waals surface area contributed by atoms with E-state index in [4.69, 9.17) is 0 Å². The number of unbranched alkanes of at least 4 members (excludes halogenated alkanes) is 3. The van der Waals surface area contributed by atoms with Crippen LogP contribution in [-0.4, -0.2) is 4.98 Å². The molecule has 0 unspecified atom stereocenters. The van der Waals surface area contributed by atoms with Crippen molar-refractivity contribution in [3.05, 3.63) is 42.1 Å². The number of rotatable bonds is 6. The van der Waals surface area contributed by atoms with E-state index >= 15 is 0 Å². The topological polar surface area (TPSA) is 15.8 Å². The van der Waals surface area contributed by atoms with Crippen LogP contribution in [-0.2, 0) is 0 Å². The SMILES string of the molecule is CCCCC/C=C(\CC)c1cc2ccccc2[nH]1. The van der Waals surface area contributed by atoms with Crippen molar-refractivity contribution in [2.45, 2.75) is 46.0 Å². The molecule has 96 valence electrons. The summed E-state index contributed by atoms with van der Waals surface area (Å²) in [6, 6.07) is 10.8. The highest BCUT2D eigenvalue weighted by molar-refractivity contribution is 5.84. The average Bonchev–Trinajstić information content (AvgIpc) is 2.82. The van der Waals surface area contributed by atoms with Gasteiger partial charge < -0.3 is 4.98 Å². The molecular formula is C17H23N. The molecule has 0 saturated heterocycles. The van der Waals surface area contributed by atoms with Crippen LogP contribution >= 0.6 is 0 Å². The van der Waals surface area contributed by atoms with Crippen LogP contribution in [0.1, 0.15) is 51.6 Å². The molecule has 2 aromatic rings. The Kier molecular flexibility index (Phi) is 4.63. The predicted octanol–water partition coefficient (Wildman–Crippen LogP) is 5.54. The third kappa shape index (κ3) is 3.04. The maximum atomic E-state index is 3.52.